The van der Waals surface area contributed by atoms with Gasteiger partial charge in [0.25, 0.3) is 5.91 Å². The summed E-state index contributed by atoms with van der Waals surface area (Å²) in [7, 11) is 0. The van der Waals surface area contributed by atoms with Gasteiger partial charge in [0.1, 0.15) is 0 Å². The number of nitrogens with zero attached hydrogens (tertiary/aromatic N) is 6. The molecule has 2 aromatic carbocycles. The first-order chi connectivity index (χ1) is 16.2. The molecule has 1 fully saturated rings. The fourth-order valence-corrected chi connectivity index (χ4v) is 4.20. The monoisotopic (exact) mass is 460 g/mol. The van der Waals surface area contributed by atoms with Gasteiger partial charge < -0.3 is 9.64 Å². The van der Waals surface area contributed by atoms with Gasteiger partial charge in [-0.25, -0.2) is 9.97 Å². The van der Waals surface area contributed by atoms with Crippen molar-refractivity contribution in [1.29, 1.82) is 0 Å². The van der Waals surface area contributed by atoms with Crippen LogP contribution >= 0.6 is 11.6 Å². The van der Waals surface area contributed by atoms with E-state index in [-0.39, 0.29) is 11.9 Å². The number of carbonyl (C=O) groups excluding carboxylic acids is 1. The lowest BCUT2D eigenvalue weighted by Gasteiger charge is -2.36. The van der Waals surface area contributed by atoms with Gasteiger partial charge in [-0.2, -0.15) is 15.0 Å². The Bertz CT molecular complexity index is 1250. The van der Waals surface area contributed by atoms with E-state index in [2.05, 4.69) is 20.2 Å². The van der Waals surface area contributed by atoms with Crippen molar-refractivity contribution < 1.29 is 9.53 Å². The molecule has 1 aliphatic heterocycles. The molecule has 0 bridgehead atoms. The Morgan fingerprint density at radius 2 is 1.82 bits per heavy atom. The molecule has 2 aromatic heterocycles. The molecule has 3 heterocycles. The zero-order valence-electron chi connectivity index (χ0n) is 17.7. The number of ether oxygens (including phenoxy) is 1. The third-order valence-electron chi connectivity index (χ3n) is 5.57. The normalized spacial score (nSPS) is 16.0. The van der Waals surface area contributed by atoms with Crippen molar-refractivity contribution in [3.8, 4) is 17.1 Å². The van der Waals surface area contributed by atoms with Gasteiger partial charge in [0.05, 0.1) is 47.9 Å². The topological polar surface area (TPSA) is 86.0 Å². The Morgan fingerprint density at radius 1 is 1.03 bits per heavy atom. The summed E-state index contributed by atoms with van der Waals surface area (Å²) in [6.45, 7) is 1.45. The smallest absolute Gasteiger partial charge is 0.256 e. The minimum atomic E-state index is -0.129. The van der Waals surface area contributed by atoms with Crippen LogP contribution in [0, 0.1) is 0 Å². The Morgan fingerprint density at radius 3 is 2.64 bits per heavy atom. The molecule has 0 N–H and O–H groups in total. The second-order valence-electron chi connectivity index (χ2n) is 7.65. The quantitative estimate of drug-likeness (QED) is 0.453. The third-order valence-corrected chi connectivity index (χ3v) is 5.90. The van der Waals surface area contributed by atoms with Crippen molar-refractivity contribution in [2.45, 2.75) is 12.5 Å². The zero-order valence-corrected chi connectivity index (χ0v) is 18.5. The lowest BCUT2D eigenvalue weighted by Crippen LogP contribution is -2.50. The molecule has 1 unspecified atom stereocenters. The van der Waals surface area contributed by atoms with E-state index in [0.717, 1.165) is 11.1 Å². The fraction of sp³-hybridized carbons (Fsp3) is 0.208. The van der Waals surface area contributed by atoms with E-state index in [1.54, 1.807) is 36.9 Å². The molecule has 0 saturated carbocycles. The van der Waals surface area contributed by atoms with Crippen LogP contribution in [-0.2, 0) is 11.2 Å². The summed E-state index contributed by atoms with van der Waals surface area (Å²) < 4.78 is 5.74. The van der Waals surface area contributed by atoms with Crippen LogP contribution in [0.5, 0.6) is 0 Å². The number of para-hydroxylation sites is 1. The molecule has 0 spiro atoms. The van der Waals surface area contributed by atoms with E-state index in [4.69, 9.17) is 16.3 Å². The molecule has 4 aromatic rings. The molecule has 1 saturated heterocycles. The second-order valence-corrected chi connectivity index (χ2v) is 8.06. The van der Waals surface area contributed by atoms with Crippen molar-refractivity contribution in [2.75, 3.05) is 19.8 Å². The number of morpholine rings is 1. The molecule has 5 rings (SSSR count). The number of benzene rings is 2. The van der Waals surface area contributed by atoms with E-state index in [9.17, 15) is 4.79 Å². The average Bonchev–Trinajstić information content (AvgIpc) is 3.41. The van der Waals surface area contributed by atoms with Crippen LogP contribution in [0.1, 0.15) is 15.9 Å². The Kier molecular flexibility index (Phi) is 6.10. The van der Waals surface area contributed by atoms with Gasteiger partial charge in [0.2, 0.25) is 0 Å². The molecule has 8 nitrogen and oxygen atoms in total. The number of carbonyl (C=O) groups is 1. The zero-order chi connectivity index (χ0) is 22.6. The van der Waals surface area contributed by atoms with Gasteiger partial charge in [-0.1, -0.05) is 29.8 Å². The average molecular weight is 461 g/mol. The SMILES string of the molecule is O=C(c1ccccc1-n1nccn1)N1CCOCC1Cc1ccc(Cl)c(-c2ncccn2)c1. The largest absolute Gasteiger partial charge is 0.377 e. The molecular formula is C24H21ClN6O2. The van der Waals surface area contributed by atoms with Crippen LogP contribution in [0.3, 0.4) is 0 Å². The van der Waals surface area contributed by atoms with Gasteiger partial charge >= 0.3 is 0 Å². The Balaban J connectivity index is 1.42. The molecule has 1 aliphatic rings. The summed E-state index contributed by atoms with van der Waals surface area (Å²) in [5, 5.41) is 8.97. The molecular weight excluding hydrogens is 440 g/mol. The molecule has 1 amide bonds. The predicted octanol–water partition coefficient (Wildman–Crippen LogP) is 3.46. The summed E-state index contributed by atoms with van der Waals surface area (Å²) in [5.41, 5.74) is 2.99. The maximum Gasteiger partial charge on any atom is 0.256 e. The first-order valence-corrected chi connectivity index (χ1v) is 11.0. The summed E-state index contributed by atoms with van der Waals surface area (Å²) in [6.07, 6.45) is 7.17. The first-order valence-electron chi connectivity index (χ1n) is 10.6. The predicted molar refractivity (Wildman–Crippen MR) is 123 cm³/mol. The van der Waals surface area contributed by atoms with Crippen molar-refractivity contribution in [3.05, 3.63) is 89.5 Å². The van der Waals surface area contributed by atoms with Gasteiger partial charge in [-0.3, -0.25) is 4.79 Å². The minimum Gasteiger partial charge on any atom is -0.377 e. The number of rotatable bonds is 5. The van der Waals surface area contributed by atoms with Crippen molar-refractivity contribution in [3.63, 3.8) is 0 Å². The number of aromatic nitrogens is 5. The lowest BCUT2D eigenvalue weighted by molar-refractivity contribution is -0.00164. The highest BCUT2D eigenvalue weighted by Crippen LogP contribution is 2.28. The minimum absolute atomic E-state index is 0.0724. The highest BCUT2D eigenvalue weighted by atomic mass is 35.5. The molecule has 0 radical (unpaired) electrons. The second kappa shape index (κ2) is 9.48. The number of hydrogen-bond acceptors (Lipinski definition) is 6. The van der Waals surface area contributed by atoms with E-state index in [1.807, 2.05) is 41.3 Å². The lowest BCUT2D eigenvalue weighted by atomic mass is 10.0. The Hall–Kier alpha value is -3.62. The van der Waals surface area contributed by atoms with E-state index in [0.29, 0.717) is 48.3 Å². The molecule has 0 aliphatic carbocycles. The number of halogens is 1. The van der Waals surface area contributed by atoms with Crippen molar-refractivity contribution >= 4 is 17.5 Å². The van der Waals surface area contributed by atoms with E-state index >= 15 is 0 Å². The van der Waals surface area contributed by atoms with Crippen LogP contribution < -0.4 is 0 Å². The van der Waals surface area contributed by atoms with Gasteiger partial charge in [0, 0.05) is 24.5 Å². The van der Waals surface area contributed by atoms with E-state index in [1.165, 1.54) is 4.80 Å². The summed E-state index contributed by atoms with van der Waals surface area (Å²) in [5.74, 6) is 0.495. The van der Waals surface area contributed by atoms with Crippen LogP contribution in [-0.4, -0.2) is 61.6 Å². The summed E-state index contributed by atoms with van der Waals surface area (Å²) in [4.78, 5) is 25.6. The number of hydrogen-bond donors (Lipinski definition) is 0. The van der Waals surface area contributed by atoms with E-state index < -0.39 is 0 Å². The molecule has 33 heavy (non-hydrogen) atoms. The molecule has 166 valence electrons. The van der Waals surface area contributed by atoms with Crippen molar-refractivity contribution in [1.82, 2.24) is 29.9 Å². The van der Waals surface area contributed by atoms with Gasteiger partial charge in [-0.05, 0) is 42.3 Å². The van der Waals surface area contributed by atoms with Crippen LogP contribution in [0.25, 0.3) is 17.1 Å². The maximum atomic E-state index is 13.6. The molecule has 1 atom stereocenters. The summed E-state index contributed by atoms with van der Waals surface area (Å²) >= 11 is 6.42. The Labute approximate surface area is 195 Å². The highest BCUT2D eigenvalue weighted by Gasteiger charge is 2.30. The van der Waals surface area contributed by atoms with Crippen molar-refractivity contribution in [2.24, 2.45) is 0 Å². The standard InChI is InChI=1S/C24H21ClN6O2/c25-21-7-6-17(15-20(21)23-26-8-3-9-27-23)14-18-16-33-13-12-30(18)24(32)19-4-1-2-5-22(19)31-28-10-11-29-31/h1-11,15,18H,12-14,16H2. The van der Waals surface area contributed by atoms with Crippen LogP contribution in [0.4, 0.5) is 0 Å². The number of amides is 1. The highest BCUT2D eigenvalue weighted by molar-refractivity contribution is 6.33. The first kappa shape index (κ1) is 21.2. The summed E-state index contributed by atoms with van der Waals surface area (Å²) in [6, 6.07) is 14.8. The van der Waals surface area contributed by atoms with Gasteiger partial charge in [0.15, 0.2) is 5.82 Å². The van der Waals surface area contributed by atoms with Crippen LogP contribution in [0.15, 0.2) is 73.3 Å². The third kappa shape index (κ3) is 4.48. The van der Waals surface area contributed by atoms with Gasteiger partial charge in [-0.15, -0.1) is 0 Å². The fourth-order valence-electron chi connectivity index (χ4n) is 4.00. The van der Waals surface area contributed by atoms with Crippen LogP contribution in [0.2, 0.25) is 5.02 Å². The molecule has 9 heteroatoms. The maximum absolute atomic E-state index is 13.6.